The van der Waals surface area contributed by atoms with E-state index in [2.05, 4.69) is 21.2 Å². The first-order valence-corrected chi connectivity index (χ1v) is 6.26. The summed E-state index contributed by atoms with van der Waals surface area (Å²) in [4.78, 5) is 0. The maximum atomic E-state index is 13.2. The maximum Gasteiger partial charge on any atom is 0.142 e. The van der Waals surface area contributed by atoms with Crippen molar-refractivity contribution in [1.29, 1.82) is 0 Å². The number of benzene rings is 2. The summed E-state index contributed by atoms with van der Waals surface area (Å²) in [7, 11) is 0. The minimum Gasteiger partial charge on any atom is -0.381 e. The molecule has 0 aliphatic carbocycles. The van der Waals surface area contributed by atoms with Crippen molar-refractivity contribution in [3.63, 3.8) is 0 Å². The molecule has 0 saturated heterocycles. The third-order valence-electron chi connectivity index (χ3n) is 2.34. The first-order chi connectivity index (χ1) is 8.16. The molecule has 0 aliphatic heterocycles. The quantitative estimate of drug-likeness (QED) is 0.853. The summed E-state index contributed by atoms with van der Waals surface area (Å²) in [6.45, 7) is 0.493. The number of halogens is 3. The third-order valence-corrected chi connectivity index (χ3v) is 3.26. The van der Waals surface area contributed by atoms with Gasteiger partial charge in [-0.1, -0.05) is 45.7 Å². The number of hydrogen-bond donors (Lipinski definition) is 1. The lowest BCUT2D eigenvalue weighted by atomic mass is 10.2. The van der Waals surface area contributed by atoms with Crippen molar-refractivity contribution in [1.82, 2.24) is 0 Å². The second-order valence-electron chi connectivity index (χ2n) is 3.58. The second kappa shape index (κ2) is 5.52. The van der Waals surface area contributed by atoms with Crippen molar-refractivity contribution in [2.75, 3.05) is 5.32 Å². The zero-order valence-electron chi connectivity index (χ0n) is 8.88. The lowest BCUT2D eigenvalue weighted by Crippen LogP contribution is -2.00. The van der Waals surface area contributed by atoms with E-state index in [1.165, 1.54) is 6.07 Å². The predicted molar refractivity (Wildman–Crippen MR) is 72.9 cm³/mol. The van der Waals surface area contributed by atoms with Gasteiger partial charge in [0.25, 0.3) is 0 Å². The molecular weight excluding hydrogens is 305 g/mol. The van der Waals surface area contributed by atoms with Crippen LogP contribution in [0.5, 0.6) is 0 Å². The summed E-state index contributed by atoms with van der Waals surface area (Å²) < 4.78 is 14.2. The molecule has 0 radical (unpaired) electrons. The molecule has 0 bridgehead atoms. The van der Waals surface area contributed by atoms with Gasteiger partial charge < -0.3 is 5.32 Å². The number of nitrogens with one attached hydrogen (secondary N) is 1. The van der Waals surface area contributed by atoms with Gasteiger partial charge in [0.2, 0.25) is 0 Å². The van der Waals surface area contributed by atoms with Crippen molar-refractivity contribution in [3.05, 3.63) is 63.3 Å². The Bertz CT molecular complexity index is 531. The van der Waals surface area contributed by atoms with Crippen LogP contribution in [0.2, 0.25) is 5.02 Å². The molecule has 17 heavy (non-hydrogen) atoms. The lowest BCUT2D eigenvalue weighted by Gasteiger charge is -2.08. The molecule has 2 rings (SSSR count). The van der Waals surface area contributed by atoms with E-state index in [4.69, 9.17) is 11.6 Å². The highest BCUT2D eigenvalue weighted by Crippen LogP contribution is 2.21. The van der Waals surface area contributed by atoms with Gasteiger partial charge in [-0.15, -0.1) is 0 Å². The molecule has 0 atom stereocenters. The third kappa shape index (κ3) is 3.20. The highest BCUT2D eigenvalue weighted by Gasteiger charge is 2.04. The Morgan fingerprint density at radius 1 is 1.18 bits per heavy atom. The van der Waals surface area contributed by atoms with E-state index in [1.807, 2.05) is 24.3 Å². The van der Waals surface area contributed by atoms with E-state index in [9.17, 15) is 4.39 Å². The number of hydrogen-bond acceptors (Lipinski definition) is 1. The maximum absolute atomic E-state index is 13.2. The first kappa shape index (κ1) is 12.4. The van der Waals surface area contributed by atoms with Gasteiger partial charge in [0.15, 0.2) is 0 Å². The number of anilines is 1. The van der Waals surface area contributed by atoms with Gasteiger partial charge in [0.05, 0.1) is 5.02 Å². The Morgan fingerprint density at radius 3 is 2.71 bits per heavy atom. The van der Waals surface area contributed by atoms with Crippen LogP contribution in [0, 0.1) is 5.82 Å². The van der Waals surface area contributed by atoms with Crippen LogP contribution in [0.3, 0.4) is 0 Å². The van der Waals surface area contributed by atoms with Crippen LogP contribution in [-0.4, -0.2) is 0 Å². The summed E-state index contributed by atoms with van der Waals surface area (Å²) in [6, 6.07) is 12.6. The molecule has 88 valence electrons. The minimum atomic E-state index is -0.389. The fourth-order valence-corrected chi connectivity index (χ4v) is 2.07. The lowest BCUT2D eigenvalue weighted by molar-refractivity contribution is 0.626. The molecule has 0 fully saturated rings. The van der Waals surface area contributed by atoms with Crippen LogP contribution in [-0.2, 0) is 6.54 Å². The van der Waals surface area contributed by atoms with Gasteiger partial charge in [-0.2, -0.15) is 0 Å². The molecule has 0 unspecified atom stereocenters. The number of rotatable bonds is 3. The average Bonchev–Trinajstić information content (AvgIpc) is 2.31. The first-order valence-electron chi connectivity index (χ1n) is 5.09. The van der Waals surface area contributed by atoms with E-state index < -0.39 is 0 Å². The van der Waals surface area contributed by atoms with Crippen LogP contribution >= 0.6 is 27.5 Å². The molecule has 2 aromatic carbocycles. The second-order valence-corrected chi connectivity index (χ2v) is 4.87. The normalized spacial score (nSPS) is 10.3. The van der Waals surface area contributed by atoms with E-state index >= 15 is 0 Å². The van der Waals surface area contributed by atoms with Gasteiger partial charge in [-0.25, -0.2) is 4.39 Å². The SMILES string of the molecule is Fc1cccc(CNc2cccc(Br)c2)c1Cl. The van der Waals surface area contributed by atoms with Gasteiger partial charge >= 0.3 is 0 Å². The highest BCUT2D eigenvalue weighted by atomic mass is 79.9. The van der Waals surface area contributed by atoms with Crippen LogP contribution in [0.25, 0.3) is 0 Å². The Hall–Kier alpha value is -1.06. The minimum absolute atomic E-state index is 0.176. The molecule has 1 N–H and O–H groups in total. The summed E-state index contributed by atoms with van der Waals surface area (Å²) >= 11 is 9.25. The van der Waals surface area contributed by atoms with E-state index in [0.717, 1.165) is 15.7 Å². The molecule has 0 aromatic heterocycles. The molecule has 0 aliphatic rings. The van der Waals surface area contributed by atoms with Crippen molar-refractivity contribution in [2.45, 2.75) is 6.54 Å². The van der Waals surface area contributed by atoms with Crippen LogP contribution in [0.1, 0.15) is 5.56 Å². The van der Waals surface area contributed by atoms with Crippen LogP contribution < -0.4 is 5.32 Å². The highest BCUT2D eigenvalue weighted by molar-refractivity contribution is 9.10. The van der Waals surface area contributed by atoms with Crippen LogP contribution in [0.15, 0.2) is 46.9 Å². The van der Waals surface area contributed by atoms with Gasteiger partial charge in [0, 0.05) is 16.7 Å². The van der Waals surface area contributed by atoms with Crippen LogP contribution in [0.4, 0.5) is 10.1 Å². The fraction of sp³-hybridized carbons (Fsp3) is 0.0769. The summed E-state index contributed by atoms with van der Waals surface area (Å²) in [5.41, 5.74) is 1.70. The Labute approximate surface area is 113 Å². The zero-order valence-corrected chi connectivity index (χ0v) is 11.2. The smallest absolute Gasteiger partial charge is 0.142 e. The molecular formula is C13H10BrClFN. The Morgan fingerprint density at radius 2 is 1.94 bits per heavy atom. The Kier molecular flexibility index (Phi) is 4.02. The monoisotopic (exact) mass is 313 g/mol. The fourth-order valence-electron chi connectivity index (χ4n) is 1.48. The van der Waals surface area contributed by atoms with Gasteiger partial charge in [-0.3, -0.25) is 0 Å². The largest absolute Gasteiger partial charge is 0.381 e. The van der Waals surface area contributed by atoms with Gasteiger partial charge in [-0.05, 0) is 29.8 Å². The van der Waals surface area contributed by atoms with E-state index in [-0.39, 0.29) is 10.8 Å². The molecule has 0 heterocycles. The summed E-state index contributed by atoms with van der Waals surface area (Å²) in [6.07, 6.45) is 0. The topological polar surface area (TPSA) is 12.0 Å². The van der Waals surface area contributed by atoms with Crippen molar-refractivity contribution in [2.24, 2.45) is 0 Å². The summed E-state index contributed by atoms with van der Waals surface area (Å²) in [5.74, 6) is -0.389. The molecule has 2 aromatic rings. The molecule has 1 nitrogen and oxygen atoms in total. The van der Waals surface area contributed by atoms with Crippen molar-refractivity contribution < 1.29 is 4.39 Å². The molecule has 0 saturated carbocycles. The molecule has 0 spiro atoms. The van der Waals surface area contributed by atoms with E-state index in [0.29, 0.717) is 6.54 Å². The summed E-state index contributed by atoms with van der Waals surface area (Å²) in [5, 5.41) is 3.36. The van der Waals surface area contributed by atoms with E-state index in [1.54, 1.807) is 12.1 Å². The molecule has 4 heteroatoms. The van der Waals surface area contributed by atoms with Crippen molar-refractivity contribution in [3.8, 4) is 0 Å². The average molecular weight is 315 g/mol. The Balaban J connectivity index is 2.10. The van der Waals surface area contributed by atoms with Gasteiger partial charge in [0.1, 0.15) is 5.82 Å². The zero-order chi connectivity index (χ0) is 12.3. The predicted octanol–water partition coefficient (Wildman–Crippen LogP) is 4.85. The van der Waals surface area contributed by atoms with Crippen molar-refractivity contribution >= 4 is 33.2 Å². The standard InChI is InChI=1S/C13H10BrClFN/c14-10-4-2-5-11(7-10)17-8-9-3-1-6-12(16)13(9)15/h1-7,17H,8H2. The molecule has 0 amide bonds.